The molecule has 0 saturated carbocycles. The quantitative estimate of drug-likeness (QED) is 0.783. The summed E-state index contributed by atoms with van der Waals surface area (Å²) >= 11 is 0. The molecule has 0 fully saturated rings. The summed E-state index contributed by atoms with van der Waals surface area (Å²) in [5, 5.41) is 0. The molecule has 19 heavy (non-hydrogen) atoms. The van der Waals surface area contributed by atoms with Crippen LogP contribution in [0.5, 0.6) is 0 Å². The van der Waals surface area contributed by atoms with E-state index in [0.717, 1.165) is 12.4 Å². The molecule has 2 aromatic rings. The number of carbonyl (C=O) groups excluding carboxylic acids is 1. The van der Waals surface area contributed by atoms with Gasteiger partial charge in [0.25, 0.3) is 0 Å². The molecule has 2 rings (SSSR count). The summed E-state index contributed by atoms with van der Waals surface area (Å²) in [6.45, 7) is 1.43. The van der Waals surface area contributed by atoms with Gasteiger partial charge in [0.15, 0.2) is 11.6 Å². The number of hydrogen-bond donors (Lipinski definition) is 0. The lowest BCUT2D eigenvalue weighted by Crippen LogP contribution is -2.06. The van der Waals surface area contributed by atoms with Crippen molar-refractivity contribution in [1.29, 1.82) is 0 Å². The van der Waals surface area contributed by atoms with Crippen LogP contribution in [0.3, 0.4) is 0 Å². The van der Waals surface area contributed by atoms with Crippen molar-refractivity contribution < 1.29 is 18.0 Å². The van der Waals surface area contributed by atoms with Crippen LogP contribution in [0.15, 0.2) is 36.7 Å². The minimum Gasteiger partial charge on any atom is -0.295 e. The summed E-state index contributed by atoms with van der Waals surface area (Å²) in [5.41, 5.74) is 0.186. The van der Waals surface area contributed by atoms with E-state index < -0.39 is 11.7 Å². The van der Waals surface area contributed by atoms with Gasteiger partial charge in [0.1, 0.15) is 0 Å². The summed E-state index contributed by atoms with van der Waals surface area (Å²) < 4.78 is 37.0. The SMILES string of the molecule is CC(=O)c1ccc(-c2ncc(C(F)(F)F)cn2)cc1. The Hall–Kier alpha value is -2.24. The monoisotopic (exact) mass is 266 g/mol. The number of rotatable bonds is 2. The van der Waals surface area contributed by atoms with E-state index in [1.54, 1.807) is 24.3 Å². The smallest absolute Gasteiger partial charge is 0.295 e. The molecule has 3 nitrogen and oxygen atoms in total. The largest absolute Gasteiger partial charge is 0.419 e. The highest BCUT2D eigenvalue weighted by Gasteiger charge is 2.31. The van der Waals surface area contributed by atoms with Crippen molar-refractivity contribution in [2.45, 2.75) is 13.1 Å². The first kappa shape index (κ1) is 13.2. The van der Waals surface area contributed by atoms with Gasteiger partial charge in [0.2, 0.25) is 0 Å². The zero-order valence-corrected chi connectivity index (χ0v) is 9.90. The van der Waals surface area contributed by atoms with Gasteiger partial charge < -0.3 is 0 Å². The summed E-state index contributed by atoms with van der Waals surface area (Å²) in [4.78, 5) is 18.4. The maximum absolute atomic E-state index is 12.3. The molecule has 0 N–H and O–H groups in total. The molecule has 0 aliphatic rings. The van der Waals surface area contributed by atoms with Gasteiger partial charge in [0, 0.05) is 23.5 Å². The van der Waals surface area contributed by atoms with E-state index >= 15 is 0 Å². The zero-order chi connectivity index (χ0) is 14.0. The third-order valence-corrected chi connectivity index (χ3v) is 2.53. The number of carbonyl (C=O) groups is 1. The van der Waals surface area contributed by atoms with Crippen molar-refractivity contribution in [3.8, 4) is 11.4 Å². The number of benzene rings is 1. The molecule has 0 saturated heterocycles. The van der Waals surface area contributed by atoms with Crippen LogP contribution in [0, 0.1) is 0 Å². The standard InChI is InChI=1S/C13H9F3N2O/c1-8(19)9-2-4-10(5-3-9)12-17-6-11(7-18-12)13(14,15)16/h2-7H,1H3. The second-order valence-electron chi connectivity index (χ2n) is 3.93. The van der Waals surface area contributed by atoms with Crippen molar-refractivity contribution in [3.05, 3.63) is 47.8 Å². The fourth-order valence-electron chi connectivity index (χ4n) is 1.48. The van der Waals surface area contributed by atoms with Gasteiger partial charge in [-0.3, -0.25) is 4.79 Å². The highest BCUT2D eigenvalue weighted by molar-refractivity contribution is 5.94. The van der Waals surface area contributed by atoms with Crippen LogP contribution in [-0.2, 0) is 6.18 Å². The van der Waals surface area contributed by atoms with E-state index in [1.165, 1.54) is 6.92 Å². The second-order valence-corrected chi connectivity index (χ2v) is 3.93. The van der Waals surface area contributed by atoms with Gasteiger partial charge in [-0.1, -0.05) is 24.3 Å². The lowest BCUT2D eigenvalue weighted by atomic mass is 10.1. The first-order valence-corrected chi connectivity index (χ1v) is 5.38. The van der Waals surface area contributed by atoms with Crippen molar-refractivity contribution in [2.24, 2.45) is 0 Å². The summed E-state index contributed by atoms with van der Waals surface area (Å²) in [5.74, 6) is 0.1000. The molecular formula is C13H9F3N2O. The van der Waals surface area contributed by atoms with Gasteiger partial charge in [-0.25, -0.2) is 9.97 Å². The zero-order valence-electron chi connectivity index (χ0n) is 9.90. The first-order valence-electron chi connectivity index (χ1n) is 5.38. The van der Waals surface area contributed by atoms with Crippen molar-refractivity contribution >= 4 is 5.78 Å². The van der Waals surface area contributed by atoms with Gasteiger partial charge in [-0.15, -0.1) is 0 Å². The van der Waals surface area contributed by atoms with Crippen LogP contribution in [0.2, 0.25) is 0 Å². The molecule has 1 aromatic heterocycles. The molecule has 1 aromatic carbocycles. The molecule has 98 valence electrons. The van der Waals surface area contributed by atoms with Crippen LogP contribution in [-0.4, -0.2) is 15.8 Å². The molecule has 0 bridgehead atoms. The first-order chi connectivity index (χ1) is 8.88. The predicted octanol–water partition coefficient (Wildman–Crippen LogP) is 3.37. The molecule has 1 heterocycles. The summed E-state index contributed by atoms with van der Waals surface area (Å²) in [6, 6.07) is 6.36. The second kappa shape index (κ2) is 4.79. The van der Waals surface area contributed by atoms with E-state index in [2.05, 4.69) is 9.97 Å². The minimum atomic E-state index is -4.45. The third kappa shape index (κ3) is 2.96. The molecule has 6 heteroatoms. The van der Waals surface area contributed by atoms with Crippen LogP contribution in [0.25, 0.3) is 11.4 Å². The van der Waals surface area contributed by atoms with Gasteiger partial charge >= 0.3 is 6.18 Å². The van der Waals surface area contributed by atoms with Crippen molar-refractivity contribution in [2.75, 3.05) is 0 Å². The van der Waals surface area contributed by atoms with E-state index in [0.29, 0.717) is 11.1 Å². The summed E-state index contributed by atoms with van der Waals surface area (Å²) in [6.07, 6.45) is -2.97. The Morgan fingerprint density at radius 3 is 2.00 bits per heavy atom. The minimum absolute atomic E-state index is 0.0834. The van der Waals surface area contributed by atoms with Crippen molar-refractivity contribution in [1.82, 2.24) is 9.97 Å². The Morgan fingerprint density at radius 2 is 1.58 bits per heavy atom. The molecule has 0 radical (unpaired) electrons. The molecule has 0 amide bonds. The average Bonchev–Trinajstić information content (AvgIpc) is 2.38. The Balaban J connectivity index is 2.30. The lowest BCUT2D eigenvalue weighted by Gasteiger charge is -2.06. The Morgan fingerprint density at radius 1 is 1.05 bits per heavy atom. The molecule has 0 aliphatic heterocycles. The lowest BCUT2D eigenvalue weighted by molar-refractivity contribution is -0.138. The molecule has 0 aliphatic carbocycles. The maximum Gasteiger partial charge on any atom is 0.419 e. The van der Waals surface area contributed by atoms with E-state index in [1.807, 2.05) is 0 Å². The molecular weight excluding hydrogens is 257 g/mol. The Bertz CT molecular complexity index is 589. The number of ketones is 1. The third-order valence-electron chi connectivity index (χ3n) is 2.53. The Labute approximate surface area is 107 Å². The number of alkyl halides is 3. The van der Waals surface area contributed by atoms with Crippen molar-refractivity contribution in [3.63, 3.8) is 0 Å². The Kier molecular flexibility index (Phi) is 3.33. The molecule has 0 atom stereocenters. The summed E-state index contributed by atoms with van der Waals surface area (Å²) in [7, 11) is 0. The van der Waals surface area contributed by atoms with Gasteiger partial charge in [-0.05, 0) is 6.92 Å². The highest BCUT2D eigenvalue weighted by Crippen LogP contribution is 2.28. The van der Waals surface area contributed by atoms with Crippen LogP contribution in [0.1, 0.15) is 22.8 Å². The van der Waals surface area contributed by atoms with E-state index in [4.69, 9.17) is 0 Å². The number of aromatic nitrogens is 2. The van der Waals surface area contributed by atoms with Crippen LogP contribution in [0.4, 0.5) is 13.2 Å². The fourth-order valence-corrected chi connectivity index (χ4v) is 1.48. The number of hydrogen-bond acceptors (Lipinski definition) is 3. The van der Waals surface area contributed by atoms with Gasteiger partial charge in [-0.2, -0.15) is 13.2 Å². The normalized spacial score (nSPS) is 11.4. The van der Waals surface area contributed by atoms with E-state index in [-0.39, 0.29) is 11.6 Å². The predicted molar refractivity (Wildman–Crippen MR) is 62.5 cm³/mol. The number of Topliss-reactive ketones (excluding diaryl/α,β-unsaturated/α-hetero) is 1. The maximum atomic E-state index is 12.3. The van der Waals surface area contributed by atoms with Crippen LogP contribution >= 0.6 is 0 Å². The topological polar surface area (TPSA) is 42.9 Å². The number of nitrogens with zero attached hydrogens (tertiary/aromatic N) is 2. The molecule has 0 unspecified atom stereocenters. The molecule has 0 spiro atoms. The van der Waals surface area contributed by atoms with Crippen LogP contribution < -0.4 is 0 Å². The van der Waals surface area contributed by atoms with E-state index in [9.17, 15) is 18.0 Å². The van der Waals surface area contributed by atoms with Gasteiger partial charge in [0.05, 0.1) is 5.56 Å². The average molecular weight is 266 g/mol. The highest BCUT2D eigenvalue weighted by atomic mass is 19.4. The number of halogens is 3. The fraction of sp³-hybridized carbons (Fsp3) is 0.154.